The van der Waals surface area contributed by atoms with E-state index in [0.29, 0.717) is 0 Å². The van der Waals surface area contributed by atoms with Crippen molar-refractivity contribution in [1.29, 1.82) is 0 Å². The van der Waals surface area contributed by atoms with Crippen molar-refractivity contribution < 1.29 is 4.79 Å². The second kappa shape index (κ2) is 1.58. The van der Waals surface area contributed by atoms with Crippen LogP contribution in [-0.2, 0) is 4.79 Å². The summed E-state index contributed by atoms with van der Waals surface area (Å²) in [4.78, 5) is 10.6. The molecule has 0 aromatic rings. The molecule has 0 atom stereocenters. The molecule has 0 aromatic carbocycles. The molecule has 0 fully saturated rings. The summed E-state index contributed by atoms with van der Waals surface area (Å²) in [5.74, 6) is 0.155. The first-order valence-corrected chi connectivity index (χ1v) is 2.61. The summed E-state index contributed by atoms with van der Waals surface area (Å²) in [5, 5.41) is 0. The summed E-state index contributed by atoms with van der Waals surface area (Å²) in [6, 6.07) is 0. The highest BCUT2D eigenvalue weighted by Gasteiger charge is 2.06. The molecule has 0 unspecified atom stereocenters. The highest BCUT2D eigenvalue weighted by atomic mass is 16.1. The van der Waals surface area contributed by atoms with E-state index >= 15 is 0 Å². The molecule has 1 rings (SSSR count). The SMILES string of the molecule is CC1=CC(=O)C(C)=C1. The van der Waals surface area contributed by atoms with E-state index in [2.05, 4.69) is 0 Å². The van der Waals surface area contributed by atoms with Gasteiger partial charge in [0, 0.05) is 0 Å². The van der Waals surface area contributed by atoms with Gasteiger partial charge in [0.2, 0.25) is 0 Å². The molecule has 0 N–H and O–H groups in total. The lowest BCUT2D eigenvalue weighted by molar-refractivity contribution is -0.111. The van der Waals surface area contributed by atoms with Gasteiger partial charge in [0.15, 0.2) is 5.78 Å². The van der Waals surface area contributed by atoms with Crippen molar-refractivity contribution in [2.24, 2.45) is 0 Å². The van der Waals surface area contributed by atoms with E-state index < -0.39 is 0 Å². The van der Waals surface area contributed by atoms with Crippen molar-refractivity contribution in [3.8, 4) is 0 Å². The lowest BCUT2D eigenvalue weighted by Crippen LogP contribution is -1.86. The predicted molar refractivity (Wildman–Crippen MR) is 32.5 cm³/mol. The van der Waals surface area contributed by atoms with Crippen molar-refractivity contribution in [3.05, 3.63) is 23.3 Å². The summed E-state index contributed by atoms with van der Waals surface area (Å²) >= 11 is 0. The third-order valence-electron chi connectivity index (χ3n) is 1.19. The van der Waals surface area contributed by atoms with Crippen LogP contribution in [0.4, 0.5) is 0 Å². The predicted octanol–water partition coefficient (Wildman–Crippen LogP) is 1.46. The molecule has 0 radical (unpaired) electrons. The maximum atomic E-state index is 10.6. The number of hydrogen-bond acceptors (Lipinski definition) is 1. The topological polar surface area (TPSA) is 17.1 Å². The van der Waals surface area contributed by atoms with E-state index in [0.717, 1.165) is 11.1 Å². The molecule has 0 spiro atoms. The molecule has 0 saturated heterocycles. The van der Waals surface area contributed by atoms with E-state index in [1.807, 2.05) is 19.9 Å². The van der Waals surface area contributed by atoms with E-state index in [9.17, 15) is 4.79 Å². The fraction of sp³-hybridized carbons (Fsp3) is 0.286. The maximum Gasteiger partial charge on any atom is 0.181 e. The van der Waals surface area contributed by atoms with Crippen molar-refractivity contribution in [1.82, 2.24) is 0 Å². The molecular weight excluding hydrogens is 100 g/mol. The summed E-state index contributed by atoms with van der Waals surface area (Å²) in [6.45, 7) is 3.75. The standard InChI is InChI=1S/C7H8O/c1-5-3-6(2)7(8)4-5/h3-4H,1-2H3. The largest absolute Gasteiger partial charge is 0.290 e. The molecule has 1 aliphatic rings. The van der Waals surface area contributed by atoms with Gasteiger partial charge >= 0.3 is 0 Å². The van der Waals surface area contributed by atoms with Crippen LogP contribution in [0.1, 0.15) is 13.8 Å². The molecular formula is C7H8O. The Hall–Kier alpha value is -0.850. The van der Waals surface area contributed by atoms with Gasteiger partial charge in [0.1, 0.15) is 0 Å². The fourth-order valence-corrected chi connectivity index (χ4v) is 0.775. The van der Waals surface area contributed by atoms with E-state index in [4.69, 9.17) is 0 Å². The van der Waals surface area contributed by atoms with Gasteiger partial charge in [0.05, 0.1) is 0 Å². The Morgan fingerprint density at radius 2 is 1.88 bits per heavy atom. The zero-order valence-electron chi connectivity index (χ0n) is 5.06. The van der Waals surface area contributed by atoms with Crippen LogP contribution in [0, 0.1) is 0 Å². The number of carbonyl (C=O) groups excluding carboxylic acids is 1. The lowest BCUT2D eigenvalue weighted by atomic mass is 10.2. The zero-order chi connectivity index (χ0) is 6.15. The van der Waals surface area contributed by atoms with Crippen LogP contribution in [-0.4, -0.2) is 5.78 Å². The molecule has 0 saturated carbocycles. The Morgan fingerprint density at radius 3 is 2.00 bits per heavy atom. The number of ketones is 1. The van der Waals surface area contributed by atoms with Crippen LogP contribution in [0.25, 0.3) is 0 Å². The molecule has 0 amide bonds. The average Bonchev–Trinajstić information content (AvgIpc) is 1.85. The highest BCUT2D eigenvalue weighted by molar-refractivity contribution is 6.07. The third-order valence-corrected chi connectivity index (χ3v) is 1.19. The van der Waals surface area contributed by atoms with Gasteiger partial charge < -0.3 is 0 Å². The Balaban J connectivity index is 2.95. The molecule has 1 aliphatic carbocycles. The van der Waals surface area contributed by atoms with Crippen LogP contribution >= 0.6 is 0 Å². The minimum absolute atomic E-state index is 0.155. The monoisotopic (exact) mass is 108 g/mol. The van der Waals surface area contributed by atoms with Gasteiger partial charge in [-0.2, -0.15) is 0 Å². The number of carbonyl (C=O) groups is 1. The van der Waals surface area contributed by atoms with Gasteiger partial charge in [0.25, 0.3) is 0 Å². The van der Waals surface area contributed by atoms with Crippen molar-refractivity contribution in [2.75, 3.05) is 0 Å². The molecule has 0 bridgehead atoms. The lowest BCUT2D eigenvalue weighted by Gasteiger charge is -1.79. The molecule has 0 heterocycles. The van der Waals surface area contributed by atoms with Crippen LogP contribution in [0.2, 0.25) is 0 Å². The van der Waals surface area contributed by atoms with Gasteiger partial charge in [-0.15, -0.1) is 0 Å². The highest BCUT2D eigenvalue weighted by Crippen LogP contribution is 2.11. The second-order valence-corrected chi connectivity index (χ2v) is 2.08. The zero-order valence-corrected chi connectivity index (χ0v) is 5.06. The van der Waals surface area contributed by atoms with E-state index in [1.54, 1.807) is 6.08 Å². The van der Waals surface area contributed by atoms with Crippen molar-refractivity contribution in [3.63, 3.8) is 0 Å². The van der Waals surface area contributed by atoms with E-state index in [1.165, 1.54) is 0 Å². The van der Waals surface area contributed by atoms with E-state index in [-0.39, 0.29) is 5.78 Å². The first-order chi connectivity index (χ1) is 3.70. The first kappa shape index (κ1) is 5.29. The van der Waals surface area contributed by atoms with Gasteiger partial charge in [-0.1, -0.05) is 6.08 Å². The second-order valence-electron chi connectivity index (χ2n) is 2.08. The Kier molecular flexibility index (Phi) is 1.05. The average molecular weight is 108 g/mol. The van der Waals surface area contributed by atoms with Crippen molar-refractivity contribution in [2.45, 2.75) is 13.8 Å². The van der Waals surface area contributed by atoms with Crippen molar-refractivity contribution >= 4 is 5.78 Å². The van der Waals surface area contributed by atoms with Crippen LogP contribution in [0.3, 0.4) is 0 Å². The smallest absolute Gasteiger partial charge is 0.181 e. The van der Waals surface area contributed by atoms with Crippen LogP contribution in [0.15, 0.2) is 23.3 Å². The fourth-order valence-electron chi connectivity index (χ4n) is 0.775. The third kappa shape index (κ3) is 0.713. The Bertz CT molecular complexity index is 182. The summed E-state index contributed by atoms with van der Waals surface area (Å²) in [6.07, 6.45) is 3.54. The number of hydrogen-bond donors (Lipinski definition) is 0. The summed E-state index contributed by atoms with van der Waals surface area (Å²) < 4.78 is 0. The minimum atomic E-state index is 0.155. The molecule has 0 aliphatic heterocycles. The molecule has 8 heavy (non-hydrogen) atoms. The van der Waals surface area contributed by atoms with Gasteiger partial charge in [-0.25, -0.2) is 0 Å². The summed E-state index contributed by atoms with van der Waals surface area (Å²) in [5.41, 5.74) is 1.91. The van der Waals surface area contributed by atoms with Gasteiger partial charge in [-0.3, -0.25) is 4.79 Å². The Morgan fingerprint density at radius 1 is 1.25 bits per heavy atom. The van der Waals surface area contributed by atoms with Crippen LogP contribution in [0.5, 0.6) is 0 Å². The van der Waals surface area contributed by atoms with Crippen LogP contribution < -0.4 is 0 Å². The first-order valence-electron chi connectivity index (χ1n) is 2.61. The molecule has 1 nitrogen and oxygen atoms in total. The minimum Gasteiger partial charge on any atom is -0.290 e. The molecule has 0 aromatic heterocycles. The quantitative estimate of drug-likeness (QED) is 0.459. The molecule has 42 valence electrons. The van der Waals surface area contributed by atoms with Gasteiger partial charge in [-0.05, 0) is 31.1 Å². The normalized spacial score (nSPS) is 18.5. The number of rotatable bonds is 0. The summed E-state index contributed by atoms with van der Waals surface area (Å²) in [7, 11) is 0. The number of allylic oxidation sites excluding steroid dienone is 4. The molecule has 1 heteroatoms. The Labute approximate surface area is 48.7 Å². The maximum absolute atomic E-state index is 10.6.